The molecule has 3 amide bonds. The monoisotopic (exact) mass is 776 g/mol. The van der Waals surface area contributed by atoms with Gasteiger partial charge >= 0.3 is 6.03 Å². The van der Waals surface area contributed by atoms with Crippen LogP contribution in [0.15, 0.2) is 110 Å². The van der Waals surface area contributed by atoms with Crippen molar-refractivity contribution in [3.05, 3.63) is 127 Å². The number of hydrogen-bond acceptors (Lipinski definition) is 9. The van der Waals surface area contributed by atoms with Crippen LogP contribution in [0.4, 0.5) is 4.79 Å². The van der Waals surface area contributed by atoms with Crippen LogP contribution in [0.25, 0.3) is 22.8 Å². The van der Waals surface area contributed by atoms with Gasteiger partial charge in [0.05, 0.1) is 58.5 Å². The summed E-state index contributed by atoms with van der Waals surface area (Å²) in [5.41, 5.74) is 3.43. The first-order chi connectivity index (χ1) is 25.1. The van der Waals surface area contributed by atoms with E-state index in [1.165, 1.54) is 0 Å². The molecular formula is C39H41CoN8O4S. The van der Waals surface area contributed by atoms with Crippen LogP contribution < -0.4 is 16.0 Å². The molecule has 0 aliphatic carbocycles. The molecule has 2 aliphatic rings. The largest absolute Gasteiger partial charge is 0.356 e. The average molecular weight is 777 g/mol. The molecule has 0 aromatic carbocycles. The van der Waals surface area contributed by atoms with Gasteiger partial charge in [0.1, 0.15) is 0 Å². The molecule has 5 aromatic rings. The third-order valence-corrected chi connectivity index (χ3v) is 10.7. The van der Waals surface area contributed by atoms with E-state index in [-0.39, 0.29) is 46.3 Å². The van der Waals surface area contributed by atoms with Crippen LogP contribution >= 0.6 is 11.8 Å². The van der Waals surface area contributed by atoms with E-state index in [4.69, 9.17) is 19.7 Å². The van der Waals surface area contributed by atoms with E-state index in [0.717, 1.165) is 36.4 Å². The average Bonchev–Trinajstić information content (AvgIpc) is 3.75. The van der Waals surface area contributed by atoms with Crippen molar-refractivity contribution in [1.29, 1.82) is 0 Å². The van der Waals surface area contributed by atoms with Gasteiger partial charge in [0.25, 0.3) is 0 Å². The summed E-state index contributed by atoms with van der Waals surface area (Å²) in [6, 6.07) is 29.1. The Morgan fingerprint density at radius 1 is 0.755 bits per heavy atom. The molecule has 0 saturated carbocycles. The van der Waals surface area contributed by atoms with E-state index in [0.29, 0.717) is 59.7 Å². The molecule has 12 nitrogen and oxygen atoms in total. The second kappa shape index (κ2) is 18.8. The Morgan fingerprint density at radius 3 is 1.96 bits per heavy atom. The van der Waals surface area contributed by atoms with Gasteiger partial charge in [-0.15, -0.1) is 0 Å². The summed E-state index contributed by atoms with van der Waals surface area (Å²) < 4.78 is 6.93. The van der Waals surface area contributed by atoms with Gasteiger partial charge in [-0.25, -0.2) is 14.8 Å². The SMILES string of the molecule is O=C(CCCC[C@@H]1SC[C@@H]2NC(=O)N[C@@H]21)NCCCOC(c1ccccn1)(c1cccc(-c2ccccn2)n1)c1cccc(-c2ccccn2)n1.[Co].[OH]. The molecule has 2 radical (unpaired) electrons. The number of hydrogen-bond donors (Lipinski definition) is 4. The second-order valence-electron chi connectivity index (χ2n) is 12.6. The third-order valence-electron chi connectivity index (χ3n) is 9.14. The molecular weight excluding hydrogens is 735 g/mol. The van der Waals surface area contributed by atoms with Gasteiger partial charge in [-0.1, -0.05) is 36.8 Å². The fourth-order valence-electron chi connectivity index (χ4n) is 6.65. The van der Waals surface area contributed by atoms with Gasteiger partial charge in [0.15, 0.2) is 5.60 Å². The number of aromatic nitrogens is 5. The molecule has 5 aromatic heterocycles. The van der Waals surface area contributed by atoms with Gasteiger partial charge in [0, 0.05) is 59.3 Å². The zero-order valence-electron chi connectivity index (χ0n) is 28.9. The van der Waals surface area contributed by atoms with Crippen LogP contribution in [-0.2, 0) is 31.9 Å². The van der Waals surface area contributed by atoms with Crippen molar-refractivity contribution in [2.75, 3.05) is 18.9 Å². The number of unbranched alkanes of at least 4 members (excludes halogenated alkanes) is 1. The first-order valence-electron chi connectivity index (χ1n) is 17.4. The molecule has 7 heterocycles. The van der Waals surface area contributed by atoms with E-state index < -0.39 is 5.60 Å². The quantitative estimate of drug-likeness (QED) is 0.0807. The van der Waals surface area contributed by atoms with Gasteiger partial charge in [0.2, 0.25) is 5.91 Å². The third kappa shape index (κ3) is 9.26. The van der Waals surface area contributed by atoms with Crippen molar-refractivity contribution < 1.29 is 36.6 Å². The Balaban J connectivity index is 0.00000271. The first kappa shape index (κ1) is 39.5. The number of pyridine rings is 5. The van der Waals surface area contributed by atoms with Crippen molar-refractivity contribution >= 4 is 23.7 Å². The Morgan fingerprint density at radius 2 is 1.36 bits per heavy atom. The van der Waals surface area contributed by atoms with Crippen molar-refractivity contribution in [2.24, 2.45) is 0 Å². The summed E-state index contributed by atoms with van der Waals surface area (Å²) in [6.07, 6.45) is 8.98. The summed E-state index contributed by atoms with van der Waals surface area (Å²) in [6.45, 7) is 0.753. The predicted octanol–water partition coefficient (Wildman–Crippen LogP) is 5.36. The van der Waals surface area contributed by atoms with E-state index >= 15 is 0 Å². The fourth-order valence-corrected chi connectivity index (χ4v) is 8.19. The number of amides is 3. The number of fused-ring (bicyclic) bond motifs is 1. The van der Waals surface area contributed by atoms with Crippen LogP contribution in [-0.4, -0.2) is 78.6 Å². The van der Waals surface area contributed by atoms with Crippen LogP contribution in [0.2, 0.25) is 0 Å². The number of thioether (sulfide) groups is 1. The molecule has 0 spiro atoms. The number of ether oxygens (including phenoxy) is 1. The fraction of sp³-hybridized carbons (Fsp3) is 0.308. The molecule has 0 unspecified atom stereocenters. The minimum absolute atomic E-state index is 0. The van der Waals surface area contributed by atoms with Crippen molar-refractivity contribution in [2.45, 2.75) is 55.0 Å². The molecule has 276 valence electrons. The number of rotatable bonds is 15. The van der Waals surface area contributed by atoms with Crippen molar-refractivity contribution in [1.82, 2.24) is 40.9 Å². The van der Waals surface area contributed by atoms with E-state index in [1.807, 2.05) is 103 Å². The van der Waals surface area contributed by atoms with Crippen LogP contribution in [0, 0.1) is 0 Å². The first-order valence-corrected chi connectivity index (χ1v) is 18.4. The molecule has 2 saturated heterocycles. The maximum atomic E-state index is 12.8. The number of urea groups is 1. The maximum absolute atomic E-state index is 12.8. The molecule has 7 rings (SSSR count). The smallest absolute Gasteiger partial charge is 0.315 e. The zero-order valence-corrected chi connectivity index (χ0v) is 30.8. The summed E-state index contributed by atoms with van der Waals surface area (Å²) in [4.78, 5) is 48.5. The van der Waals surface area contributed by atoms with E-state index in [9.17, 15) is 9.59 Å². The maximum Gasteiger partial charge on any atom is 0.315 e. The summed E-state index contributed by atoms with van der Waals surface area (Å²) in [7, 11) is 0. The van der Waals surface area contributed by atoms with Crippen LogP contribution in [0.1, 0.15) is 49.2 Å². The van der Waals surface area contributed by atoms with Crippen molar-refractivity contribution in [3.63, 3.8) is 0 Å². The Labute approximate surface area is 323 Å². The standard InChI is InChI=1S/C39H40N8O3S.Co.HO/c48-36(20-2-1-16-32-37-31(26-51-32)46-38(49)47-37)43-24-11-25-50-39(33-17-5-8-23-42-33,34-18-9-14-29(44-34)27-12-3-6-21-40-27)35-19-10-15-30(45-35)28-13-4-7-22-41-28;;/h3-10,12-15,17-19,21-23,31-32,37H,1-2,11,16,20,24-26H2,(H,43,48)(H2,46,47,49);;1H/t31-,32-,37-;;/m0../s1. The molecule has 2 aliphatic heterocycles. The van der Waals surface area contributed by atoms with Gasteiger partial charge < -0.3 is 20.7 Å². The number of nitrogens with zero attached hydrogens (tertiary/aromatic N) is 5. The van der Waals surface area contributed by atoms with Crippen molar-refractivity contribution in [3.8, 4) is 22.8 Å². The zero-order chi connectivity index (χ0) is 34.9. The molecule has 2 fully saturated rings. The van der Waals surface area contributed by atoms with Gasteiger partial charge in [-0.05, 0) is 79.9 Å². The Hall–Kier alpha value is -4.73. The predicted molar refractivity (Wildman–Crippen MR) is 199 cm³/mol. The van der Waals surface area contributed by atoms with E-state index in [2.05, 4.69) is 25.9 Å². The molecule has 53 heavy (non-hydrogen) atoms. The Kier molecular flexibility index (Phi) is 14.0. The normalized spacial score (nSPS) is 17.4. The molecule has 3 atom stereocenters. The minimum atomic E-state index is -1.29. The van der Waals surface area contributed by atoms with Gasteiger partial charge in [-0.3, -0.25) is 25.2 Å². The number of nitrogens with one attached hydrogen (secondary N) is 3. The molecule has 14 heteroatoms. The minimum Gasteiger partial charge on any atom is -0.356 e. The molecule has 4 N–H and O–H groups in total. The van der Waals surface area contributed by atoms with Crippen LogP contribution in [0.5, 0.6) is 0 Å². The number of carbonyl (C=O) groups is 2. The number of carbonyl (C=O) groups excluding carboxylic acids is 2. The van der Waals surface area contributed by atoms with Gasteiger partial charge in [-0.2, -0.15) is 11.8 Å². The van der Waals surface area contributed by atoms with E-state index in [1.54, 1.807) is 18.6 Å². The van der Waals surface area contributed by atoms with Crippen LogP contribution in [0.3, 0.4) is 0 Å². The topological polar surface area (TPSA) is 174 Å². The summed E-state index contributed by atoms with van der Waals surface area (Å²) in [5.74, 6) is 0.962. The molecule has 0 bridgehead atoms. The summed E-state index contributed by atoms with van der Waals surface area (Å²) in [5, 5.41) is 9.48. The summed E-state index contributed by atoms with van der Waals surface area (Å²) >= 11 is 1.90. The Bertz CT molecular complexity index is 1850. The second-order valence-corrected chi connectivity index (χ2v) is 13.8.